The number of rotatable bonds is 5. The number of hydrogen-bond donors (Lipinski definition) is 0. The molecule has 0 spiro atoms. The van der Waals surface area contributed by atoms with E-state index in [0.29, 0.717) is 21.9 Å². The minimum Gasteiger partial charge on any atom is -0.467 e. The monoisotopic (exact) mass is 472 g/mol. The molecular weight excluding hydrogens is 453 g/mol. The third kappa shape index (κ3) is 5.14. The van der Waals surface area contributed by atoms with Crippen LogP contribution in [-0.4, -0.2) is 30.3 Å². The van der Waals surface area contributed by atoms with Crippen molar-refractivity contribution in [1.82, 2.24) is 4.90 Å². The molecule has 4 rings (SSSR count). The van der Waals surface area contributed by atoms with Gasteiger partial charge in [-0.05, 0) is 48.0 Å². The molecule has 170 valence electrons. The maximum atomic E-state index is 13.3. The van der Waals surface area contributed by atoms with Gasteiger partial charge in [0.2, 0.25) is 5.91 Å². The lowest BCUT2D eigenvalue weighted by Gasteiger charge is -2.31. The fraction of sp³-hybridized carbons (Fsp3) is 0.167. The summed E-state index contributed by atoms with van der Waals surface area (Å²) in [4.78, 5) is 30.1. The largest absolute Gasteiger partial charge is 0.467 e. The van der Waals surface area contributed by atoms with Crippen LogP contribution < -0.4 is 4.90 Å². The first kappa shape index (κ1) is 22.7. The first-order valence-electron chi connectivity index (χ1n) is 9.96. The highest BCUT2D eigenvalue weighted by molar-refractivity contribution is 8.04. The van der Waals surface area contributed by atoms with E-state index in [9.17, 15) is 22.8 Å². The number of nitrogens with zero attached hydrogens (tertiary/aromatic N) is 2. The first-order chi connectivity index (χ1) is 15.7. The van der Waals surface area contributed by atoms with Gasteiger partial charge >= 0.3 is 6.18 Å². The van der Waals surface area contributed by atoms with E-state index >= 15 is 0 Å². The summed E-state index contributed by atoms with van der Waals surface area (Å²) in [7, 11) is 1.62. The van der Waals surface area contributed by atoms with E-state index in [2.05, 4.69) is 0 Å². The Kier molecular flexibility index (Phi) is 6.33. The van der Waals surface area contributed by atoms with E-state index in [1.165, 1.54) is 46.0 Å². The van der Waals surface area contributed by atoms with Crippen LogP contribution in [-0.2, 0) is 22.3 Å². The molecule has 0 aliphatic carbocycles. The molecule has 0 radical (unpaired) electrons. The second kappa shape index (κ2) is 9.19. The Morgan fingerprint density at radius 3 is 2.48 bits per heavy atom. The highest BCUT2D eigenvalue weighted by atomic mass is 32.2. The SMILES string of the molecule is CN(Cc1ccco1)C(=O)CN1C(=O)/C(=C\c2ccc(C(F)(F)F)cc2)Sc2ccccc21. The second-order valence-corrected chi connectivity index (χ2v) is 8.50. The van der Waals surface area contributed by atoms with Crippen molar-refractivity contribution in [3.05, 3.63) is 88.7 Å². The molecule has 0 unspecified atom stereocenters. The van der Waals surface area contributed by atoms with E-state index in [-0.39, 0.29) is 19.0 Å². The summed E-state index contributed by atoms with van der Waals surface area (Å²) >= 11 is 1.22. The predicted molar refractivity (Wildman–Crippen MR) is 119 cm³/mol. The van der Waals surface area contributed by atoms with Crippen molar-refractivity contribution in [2.75, 3.05) is 18.5 Å². The minimum absolute atomic E-state index is 0.183. The minimum atomic E-state index is -4.43. The summed E-state index contributed by atoms with van der Waals surface area (Å²) in [5.74, 6) is -0.0525. The van der Waals surface area contributed by atoms with E-state index in [4.69, 9.17) is 4.42 Å². The van der Waals surface area contributed by atoms with Crippen molar-refractivity contribution in [2.24, 2.45) is 0 Å². The molecule has 3 aromatic rings. The van der Waals surface area contributed by atoms with E-state index in [0.717, 1.165) is 17.0 Å². The number of benzene rings is 2. The van der Waals surface area contributed by atoms with Crippen LogP contribution in [0.1, 0.15) is 16.9 Å². The van der Waals surface area contributed by atoms with Gasteiger partial charge in [-0.3, -0.25) is 14.5 Å². The number of fused-ring (bicyclic) bond motifs is 1. The van der Waals surface area contributed by atoms with Gasteiger partial charge in [-0.25, -0.2) is 0 Å². The first-order valence-corrected chi connectivity index (χ1v) is 10.8. The second-order valence-electron chi connectivity index (χ2n) is 7.42. The van der Waals surface area contributed by atoms with Gasteiger partial charge in [0.25, 0.3) is 5.91 Å². The Hall–Kier alpha value is -3.46. The Morgan fingerprint density at radius 1 is 1.09 bits per heavy atom. The summed E-state index contributed by atoms with van der Waals surface area (Å²) in [5, 5.41) is 0. The van der Waals surface area contributed by atoms with Gasteiger partial charge < -0.3 is 9.32 Å². The average Bonchev–Trinajstić information content (AvgIpc) is 3.29. The maximum absolute atomic E-state index is 13.3. The molecular formula is C24H19F3N2O3S. The van der Waals surface area contributed by atoms with Crippen molar-refractivity contribution in [1.29, 1.82) is 0 Å². The summed E-state index contributed by atoms with van der Waals surface area (Å²) < 4.78 is 43.8. The van der Waals surface area contributed by atoms with Gasteiger partial charge in [-0.1, -0.05) is 36.0 Å². The number of para-hydroxylation sites is 1. The van der Waals surface area contributed by atoms with Gasteiger partial charge in [0.1, 0.15) is 12.3 Å². The predicted octanol–water partition coefficient (Wildman–Crippen LogP) is 5.44. The molecule has 9 heteroatoms. The van der Waals surface area contributed by atoms with Gasteiger partial charge in [0.15, 0.2) is 0 Å². The van der Waals surface area contributed by atoms with E-state index in [1.54, 1.807) is 31.3 Å². The van der Waals surface area contributed by atoms with Crippen LogP contribution in [0.2, 0.25) is 0 Å². The number of thioether (sulfide) groups is 1. The molecule has 0 N–H and O–H groups in total. The van der Waals surface area contributed by atoms with Crippen molar-refractivity contribution in [2.45, 2.75) is 17.6 Å². The number of furan rings is 1. The molecule has 2 heterocycles. The standard InChI is InChI=1S/C24H19F3N2O3S/c1-28(14-18-5-4-12-32-18)22(30)15-29-19-6-2-3-7-20(19)33-21(23(29)31)13-16-8-10-17(11-9-16)24(25,26)27/h2-13H,14-15H2,1H3/b21-13+. The lowest BCUT2D eigenvalue weighted by atomic mass is 10.1. The number of carbonyl (C=O) groups excluding carboxylic acids is 2. The van der Waals surface area contributed by atoms with E-state index < -0.39 is 17.6 Å². The topological polar surface area (TPSA) is 53.8 Å². The molecule has 1 aliphatic heterocycles. The number of halogens is 3. The smallest absolute Gasteiger partial charge is 0.416 e. The number of alkyl halides is 3. The molecule has 33 heavy (non-hydrogen) atoms. The quantitative estimate of drug-likeness (QED) is 0.465. The Morgan fingerprint density at radius 2 is 1.82 bits per heavy atom. The van der Waals surface area contributed by atoms with Gasteiger partial charge in [0, 0.05) is 11.9 Å². The molecule has 0 saturated heterocycles. The number of anilines is 1. The van der Waals surface area contributed by atoms with Crippen molar-refractivity contribution >= 4 is 35.3 Å². The van der Waals surface area contributed by atoms with Crippen LogP contribution in [0.25, 0.3) is 6.08 Å². The number of amides is 2. The summed E-state index contributed by atoms with van der Waals surface area (Å²) in [6.07, 6.45) is -1.38. The summed E-state index contributed by atoms with van der Waals surface area (Å²) in [6, 6.07) is 15.3. The van der Waals surface area contributed by atoms with Crippen LogP contribution in [0, 0.1) is 0 Å². The molecule has 2 amide bonds. The number of hydrogen-bond acceptors (Lipinski definition) is 4. The van der Waals surface area contributed by atoms with Crippen LogP contribution in [0.4, 0.5) is 18.9 Å². The number of carbonyl (C=O) groups is 2. The Labute approximate surface area is 192 Å². The zero-order valence-electron chi connectivity index (χ0n) is 17.5. The van der Waals surface area contributed by atoms with Crippen LogP contribution in [0.3, 0.4) is 0 Å². The summed E-state index contributed by atoms with van der Waals surface area (Å²) in [6.45, 7) is 0.0798. The van der Waals surface area contributed by atoms with Crippen molar-refractivity contribution in [3.63, 3.8) is 0 Å². The highest BCUT2D eigenvalue weighted by Crippen LogP contribution is 2.42. The molecule has 2 aromatic carbocycles. The third-order valence-corrected chi connectivity index (χ3v) is 6.14. The molecule has 1 aliphatic rings. The van der Waals surface area contributed by atoms with Gasteiger partial charge in [0.05, 0.1) is 29.0 Å². The van der Waals surface area contributed by atoms with Crippen molar-refractivity contribution < 1.29 is 27.2 Å². The lowest BCUT2D eigenvalue weighted by Crippen LogP contribution is -2.43. The molecule has 0 saturated carbocycles. The molecule has 0 fully saturated rings. The van der Waals surface area contributed by atoms with Crippen LogP contribution in [0.5, 0.6) is 0 Å². The van der Waals surface area contributed by atoms with Crippen LogP contribution in [0.15, 0.2) is 81.1 Å². The van der Waals surface area contributed by atoms with Crippen molar-refractivity contribution in [3.8, 4) is 0 Å². The fourth-order valence-electron chi connectivity index (χ4n) is 3.32. The lowest BCUT2D eigenvalue weighted by molar-refractivity contribution is -0.137. The highest BCUT2D eigenvalue weighted by Gasteiger charge is 2.32. The Bertz CT molecular complexity index is 1190. The normalized spacial score (nSPS) is 15.0. The van der Waals surface area contributed by atoms with E-state index in [1.807, 2.05) is 12.1 Å². The average molecular weight is 472 g/mol. The molecule has 5 nitrogen and oxygen atoms in total. The van der Waals surface area contributed by atoms with Crippen LogP contribution >= 0.6 is 11.8 Å². The zero-order valence-corrected chi connectivity index (χ0v) is 18.3. The molecule has 0 atom stereocenters. The maximum Gasteiger partial charge on any atom is 0.416 e. The molecule has 0 bridgehead atoms. The fourth-order valence-corrected chi connectivity index (χ4v) is 4.38. The van der Waals surface area contributed by atoms with Gasteiger partial charge in [-0.15, -0.1) is 0 Å². The van der Waals surface area contributed by atoms with Gasteiger partial charge in [-0.2, -0.15) is 13.2 Å². The number of likely N-dealkylation sites (N-methyl/N-ethyl adjacent to an activating group) is 1. The summed E-state index contributed by atoms with van der Waals surface area (Å²) in [5.41, 5.74) is 0.306. The Balaban J connectivity index is 1.58. The zero-order chi connectivity index (χ0) is 23.6. The molecule has 1 aromatic heterocycles. The third-order valence-electron chi connectivity index (χ3n) is 5.06.